The van der Waals surface area contributed by atoms with E-state index in [4.69, 9.17) is 10.5 Å². The number of hydrogen-bond acceptors (Lipinski definition) is 2. The van der Waals surface area contributed by atoms with Gasteiger partial charge in [0.15, 0.2) is 0 Å². The summed E-state index contributed by atoms with van der Waals surface area (Å²) in [6.45, 7) is 0.739. The molecule has 1 saturated heterocycles. The predicted molar refractivity (Wildman–Crippen MR) is 35.2 cm³/mol. The van der Waals surface area contributed by atoms with Crippen molar-refractivity contribution in [2.24, 2.45) is 11.7 Å². The number of carbonyl (C=O) groups is 1. The van der Waals surface area contributed by atoms with Crippen molar-refractivity contribution in [3.63, 3.8) is 0 Å². The van der Waals surface area contributed by atoms with Crippen molar-refractivity contribution in [2.75, 3.05) is 6.61 Å². The van der Waals surface area contributed by atoms with Crippen LogP contribution in [0.4, 0.5) is 0 Å². The number of hydrogen-bond donors (Lipinski definition) is 1. The zero-order valence-electron chi connectivity index (χ0n) is 5.80. The van der Waals surface area contributed by atoms with E-state index < -0.39 is 5.60 Å². The molecule has 1 aliphatic heterocycles. The fourth-order valence-electron chi connectivity index (χ4n) is 1.95. The van der Waals surface area contributed by atoms with Crippen molar-refractivity contribution < 1.29 is 9.53 Å². The van der Waals surface area contributed by atoms with Gasteiger partial charge < -0.3 is 10.5 Å². The third-order valence-electron chi connectivity index (χ3n) is 2.62. The van der Waals surface area contributed by atoms with Gasteiger partial charge in [0.25, 0.3) is 0 Å². The Bertz CT molecular complexity index is 170. The molecule has 0 spiro atoms. The highest BCUT2D eigenvalue weighted by atomic mass is 16.5. The zero-order chi connectivity index (χ0) is 7.19. The van der Waals surface area contributed by atoms with Crippen LogP contribution in [0.2, 0.25) is 0 Å². The Morgan fingerprint density at radius 1 is 1.70 bits per heavy atom. The molecule has 2 fully saturated rings. The molecule has 56 valence electrons. The molecule has 2 unspecified atom stereocenters. The number of ether oxygens (including phenoxy) is 1. The Balaban J connectivity index is 2.23. The third kappa shape index (κ3) is 0.611. The van der Waals surface area contributed by atoms with Gasteiger partial charge in [-0.15, -0.1) is 0 Å². The molecule has 3 nitrogen and oxygen atoms in total. The molecule has 2 rings (SSSR count). The molecule has 0 aromatic heterocycles. The summed E-state index contributed by atoms with van der Waals surface area (Å²) in [6.07, 6.45) is 2.82. The molecule has 0 aromatic rings. The van der Waals surface area contributed by atoms with E-state index in [9.17, 15) is 4.79 Å². The SMILES string of the molecule is NC(=O)C12CCC(CO1)C2. The summed E-state index contributed by atoms with van der Waals surface area (Å²) in [5, 5.41) is 0. The summed E-state index contributed by atoms with van der Waals surface area (Å²) in [7, 11) is 0. The number of nitrogens with two attached hydrogens (primary N) is 1. The predicted octanol–water partition coefficient (Wildman–Crippen LogP) is 0.0408. The summed E-state index contributed by atoms with van der Waals surface area (Å²) < 4.78 is 5.33. The minimum atomic E-state index is -0.551. The van der Waals surface area contributed by atoms with Crippen LogP contribution in [0.5, 0.6) is 0 Å². The van der Waals surface area contributed by atoms with Crippen molar-refractivity contribution in [1.82, 2.24) is 0 Å². The molecule has 2 atom stereocenters. The maximum Gasteiger partial charge on any atom is 0.249 e. The lowest BCUT2D eigenvalue weighted by atomic mass is 10.0. The first-order chi connectivity index (χ1) is 4.73. The molecule has 10 heavy (non-hydrogen) atoms. The molecule has 1 amide bonds. The normalized spacial score (nSPS) is 44.2. The Kier molecular flexibility index (Phi) is 1.06. The van der Waals surface area contributed by atoms with Crippen LogP contribution >= 0.6 is 0 Å². The molecule has 1 heterocycles. The highest BCUT2D eigenvalue weighted by Crippen LogP contribution is 2.43. The van der Waals surface area contributed by atoms with E-state index in [0.29, 0.717) is 5.92 Å². The van der Waals surface area contributed by atoms with Gasteiger partial charge in [0.1, 0.15) is 5.60 Å². The molecule has 2 aliphatic rings. The minimum Gasteiger partial charge on any atom is -0.367 e. The summed E-state index contributed by atoms with van der Waals surface area (Å²) >= 11 is 0. The van der Waals surface area contributed by atoms with Crippen LogP contribution in [0.1, 0.15) is 19.3 Å². The molecule has 0 radical (unpaired) electrons. The average Bonchev–Trinajstić information content (AvgIpc) is 2.45. The van der Waals surface area contributed by atoms with Gasteiger partial charge in [0.2, 0.25) is 5.91 Å². The first kappa shape index (κ1) is 6.16. The molecule has 3 heteroatoms. The maximum absolute atomic E-state index is 10.9. The highest BCUT2D eigenvalue weighted by Gasteiger charge is 2.50. The minimum absolute atomic E-state index is 0.271. The smallest absolute Gasteiger partial charge is 0.249 e. The van der Waals surface area contributed by atoms with Gasteiger partial charge in [0, 0.05) is 0 Å². The van der Waals surface area contributed by atoms with E-state index in [1.54, 1.807) is 0 Å². The molecule has 1 aliphatic carbocycles. The van der Waals surface area contributed by atoms with E-state index in [0.717, 1.165) is 25.9 Å². The number of carbonyl (C=O) groups excluding carboxylic acids is 1. The summed E-state index contributed by atoms with van der Waals surface area (Å²) in [5.74, 6) is 0.333. The van der Waals surface area contributed by atoms with Crippen molar-refractivity contribution >= 4 is 5.91 Å². The lowest BCUT2D eigenvalue weighted by molar-refractivity contribution is -0.139. The van der Waals surface area contributed by atoms with Gasteiger partial charge in [-0.1, -0.05) is 0 Å². The van der Waals surface area contributed by atoms with Gasteiger partial charge in [0.05, 0.1) is 6.61 Å². The standard InChI is InChI=1S/C7H11NO2/c8-6(9)7-2-1-5(3-7)4-10-7/h5H,1-4H2,(H2,8,9). The van der Waals surface area contributed by atoms with Crippen LogP contribution < -0.4 is 5.73 Å². The van der Waals surface area contributed by atoms with E-state index in [1.807, 2.05) is 0 Å². The fourth-order valence-corrected chi connectivity index (χ4v) is 1.95. The maximum atomic E-state index is 10.9. The van der Waals surface area contributed by atoms with Gasteiger partial charge in [-0.3, -0.25) is 4.79 Å². The number of fused-ring (bicyclic) bond motifs is 2. The summed E-state index contributed by atoms with van der Waals surface area (Å²) in [5.41, 5.74) is 4.66. The van der Waals surface area contributed by atoms with Crippen LogP contribution in [-0.4, -0.2) is 18.1 Å². The Hall–Kier alpha value is -0.570. The van der Waals surface area contributed by atoms with Crippen LogP contribution in [0.3, 0.4) is 0 Å². The summed E-state index contributed by atoms with van der Waals surface area (Å²) in [4.78, 5) is 10.9. The van der Waals surface area contributed by atoms with Crippen LogP contribution in [0, 0.1) is 5.92 Å². The molecule has 1 saturated carbocycles. The molecule has 0 aromatic carbocycles. The fraction of sp³-hybridized carbons (Fsp3) is 0.857. The highest BCUT2D eigenvalue weighted by molar-refractivity contribution is 5.84. The zero-order valence-corrected chi connectivity index (χ0v) is 5.80. The second-order valence-corrected chi connectivity index (χ2v) is 3.28. The van der Waals surface area contributed by atoms with Crippen molar-refractivity contribution in [1.29, 1.82) is 0 Å². The van der Waals surface area contributed by atoms with Gasteiger partial charge >= 0.3 is 0 Å². The van der Waals surface area contributed by atoms with Crippen molar-refractivity contribution in [3.05, 3.63) is 0 Å². The van der Waals surface area contributed by atoms with E-state index >= 15 is 0 Å². The van der Waals surface area contributed by atoms with E-state index in [2.05, 4.69) is 0 Å². The average molecular weight is 141 g/mol. The Labute approximate surface area is 59.5 Å². The second kappa shape index (κ2) is 1.72. The van der Waals surface area contributed by atoms with E-state index in [1.165, 1.54) is 0 Å². The number of primary amides is 1. The monoisotopic (exact) mass is 141 g/mol. The Morgan fingerprint density at radius 3 is 2.70 bits per heavy atom. The van der Waals surface area contributed by atoms with Gasteiger partial charge in [-0.25, -0.2) is 0 Å². The van der Waals surface area contributed by atoms with Crippen LogP contribution in [0.25, 0.3) is 0 Å². The summed E-state index contributed by atoms with van der Waals surface area (Å²) in [6, 6.07) is 0. The lowest BCUT2D eigenvalue weighted by Crippen LogP contribution is -2.42. The third-order valence-corrected chi connectivity index (χ3v) is 2.62. The van der Waals surface area contributed by atoms with Crippen LogP contribution in [0.15, 0.2) is 0 Å². The first-order valence-electron chi connectivity index (χ1n) is 3.67. The first-order valence-corrected chi connectivity index (χ1v) is 3.67. The molecular weight excluding hydrogens is 130 g/mol. The number of rotatable bonds is 1. The molecule has 2 N–H and O–H groups in total. The quantitative estimate of drug-likeness (QED) is 0.560. The Morgan fingerprint density at radius 2 is 2.50 bits per heavy atom. The second-order valence-electron chi connectivity index (χ2n) is 3.28. The lowest BCUT2D eigenvalue weighted by Gasteiger charge is -2.21. The topological polar surface area (TPSA) is 52.3 Å². The van der Waals surface area contributed by atoms with Gasteiger partial charge in [-0.05, 0) is 25.2 Å². The molecular formula is C7H11NO2. The molecule has 2 bridgehead atoms. The van der Waals surface area contributed by atoms with E-state index in [-0.39, 0.29) is 5.91 Å². The van der Waals surface area contributed by atoms with Crippen LogP contribution in [-0.2, 0) is 9.53 Å². The number of amides is 1. The van der Waals surface area contributed by atoms with Crippen molar-refractivity contribution in [3.8, 4) is 0 Å². The van der Waals surface area contributed by atoms with Crippen molar-refractivity contribution in [2.45, 2.75) is 24.9 Å². The largest absolute Gasteiger partial charge is 0.367 e. The van der Waals surface area contributed by atoms with Gasteiger partial charge in [-0.2, -0.15) is 0 Å².